The highest BCUT2D eigenvalue weighted by atomic mass is 16.1. The van der Waals surface area contributed by atoms with Gasteiger partial charge in [0.15, 0.2) is 0 Å². The number of hydrogen-bond donors (Lipinski definition) is 0. The first-order chi connectivity index (χ1) is 5.74. The van der Waals surface area contributed by atoms with E-state index < -0.39 is 0 Å². The molecule has 3 heteroatoms. The van der Waals surface area contributed by atoms with Crippen molar-refractivity contribution in [3.8, 4) is 0 Å². The first-order valence-electron chi connectivity index (χ1n) is 3.78. The zero-order valence-electron chi connectivity index (χ0n) is 7.11. The molecule has 1 rings (SSSR count). The molecule has 0 aliphatic rings. The molecule has 1 aromatic heterocycles. The lowest BCUT2D eigenvalue weighted by Gasteiger charge is -2.01. The lowest BCUT2D eigenvalue weighted by molar-refractivity contribution is 0.565. The average Bonchev–Trinajstić information content (AvgIpc) is 2.06. The van der Waals surface area contributed by atoms with Gasteiger partial charge in [0.05, 0.1) is 11.9 Å². The standard InChI is InChI=1S/C9H10N2O/c1-7(2)9-4-3-8(5-10-9)11-6-12/h3-5,7H,1-2H3. The van der Waals surface area contributed by atoms with Gasteiger partial charge < -0.3 is 0 Å². The van der Waals surface area contributed by atoms with Gasteiger partial charge in [-0.3, -0.25) is 4.98 Å². The molecular formula is C9H10N2O. The summed E-state index contributed by atoms with van der Waals surface area (Å²) >= 11 is 0. The number of hydrogen-bond acceptors (Lipinski definition) is 3. The van der Waals surface area contributed by atoms with Crippen molar-refractivity contribution in [1.82, 2.24) is 4.98 Å². The number of isocyanates is 1. The highest BCUT2D eigenvalue weighted by molar-refractivity contribution is 5.47. The molecule has 0 amide bonds. The van der Waals surface area contributed by atoms with Crippen molar-refractivity contribution in [3.05, 3.63) is 24.0 Å². The summed E-state index contributed by atoms with van der Waals surface area (Å²) in [5.74, 6) is 0.402. The Morgan fingerprint density at radius 3 is 2.67 bits per heavy atom. The SMILES string of the molecule is CC(C)c1ccc(N=C=O)cn1. The van der Waals surface area contributed by atoms with E-state index in [4.69, 9.17) is 0 Å². The van der Waals surface area contributed by atoms with Gasteiger partial charge in [0.2, 0.25) is 6.08 Å². The minimum atomic E-state index is 0.402. The number of aromatic nitrogens is 1. The predicted molar refractivity (Wildman–Crippen MR) is 46.1 cm³/mol. The predicted octanol–water partition coefficient (Wildman–Crippen LogP) is 2.17. The minimum absolute atomic E-state index is 0.402. The van der Waals surface area contributed by atoms with Gasteiger partial charge in [-0.05, 0) is 18.1 Å². The van der Waals surface area contributed by atoms with E-state index in [2.05, 4.69) is 23.8 Å². The summed E-state index contributed by atoms with van der Waals surface area (Å²) in [6.07, 6.45) is 3.04. The van der Waals surface area contributed by atoms with Gasteiger partial charge in [-0.15, -0.1) is 0 Å². The maximum absolute atomic E-state index is 9.87. The normalized spacial score (nSPS) is 9.58. The summed E-state index contributed by atoms with van der Waals surface area (Å²) in [4.78, 5) is 17.4. The fraction of sp³-hybridized carbons (Fsp3) is 0.333. The summed E-state index contributed by atoms with van der Waals surface area (Å²) in [6.45, 7) is 4.12. The van der Waals surface area contributed by atoms with Crippen LogP contribution in [0.2, 0.25) is 0 Å². The van der Waals surface area contributed by atoms with E-state index in [9.17, 15) is 4.79 Å². The largest absolute Gasteiger partial charge is 0.259 e. The Morgan fingerprint density at radius 1 is 1.50 bits per heavy atom. The Hall–Kier alpha value is -1.47. The number of carbonyl (C=O) groups excluding carboxylic acids is 1. The molecule has 1 heterocycles. The van der Waals surface area contributed by atoms with Crippen molar-refractivity contribution in [1.29, 1.82) is 0 Å². The Bertz CT molecular complexity index is 297. The van der Waals surface area contributed by atoms with Crippen molar-refractivity contribution < 1.29 is 4.79 Å². The second-order valence-corrected chi connectivity index (χ2v) is 2.80. The van der Waals surface area contributed by atoms with Crippen LogP contribution in [0.1, 0.15) is 25.5 Å². The molecule has 0 fully saturated rings. The fourth-order valence-electron chi connectivity index (χ4n) is 0.858. The topological polar surface area (TPSA) is 42.3 Å². The number of nitrogens with zero attached hydrogens (tertiary/aromatic N) is 2. The van der Waals surface area contributed by atoms with Crippen molar-refractivity contribution >= 4 is 11.8 Å². The van der Waals surface area contributed by atoms with Crippen LogP contribution < -0.4 is 0 Å². The third-order valence-corrected chi connectivity index (χ3v) is 1.54. The van der Waals surface area contributed by atoms with E-state index in [1.165, 1.54) is 6.08 Å². The van der Waals surface area contributed by atoms with Gasteiger partial charge in [-0.2, -0.15) is 4.99 Å². The second kappa shape index (κ2) is 3.79. The first kappa shape index (κ1) is 8.62. The zero-order valence-corrected chi connectivity index (χ0v) is 7.11. The molecule has 0 aromatic carbocycles. The number of aliphatic imine (C=N–C) groups is 1. The van der Waals surface area contributed by atoms with Crippen LogP contribution in [0.5, 0.6) is 0 Å². The van der Waals surface area contributed by atoms with Gasteiger partial charge in [0, 0.05) is 5.69 Å². The van der Waals surface area contributed by atoms with Gasteiger partial charge in [-0.25, -0.2) is 4.79 Å². The number of rotatable bonds is 2. The molecule has 0 aliphatic heterocycles. The van der Waals surface area contributed by atoms with Crippen molar-refractivity contribution in [2.24, 2.45) is 4.99 Å². The third kappa shape index (κ3) is 2.01. The first-order valence-corrected chi connectivity index (χ1v) is 3.78. The smallest absolute Gasteiger partial charge is 0.240 e. The Kier molecular flexibility index (Phi) is 2.72. The molecule has 0 radical (unpaired) electrons. The maximum atomic E-state index is 9.87. The summed E-state index contributed by atoms with van der Waals surface area (Å²) < 4.78 is 0. The Balaban J connectivity index is 2.92. The molecule has 62 valence electrons. The van der Waals surface area contributed by atoms with E-state index in [0.717, 1.165) is 5.69 Å². The molecule has 0 bridgehead atoms. The van der Waals surface area contributed by atoms with Crippen LogP contribution in [0.3, 0.4) is 0 Å². The van der Waals surface area contributed by atoms with Crippen LogP contribution in [0.15, 0.2) is 23.3 Å². The van der Waals surface area contributed by atoms with Crippen LogP contribution >= 0.6 is 0 Å². The minimum Gasteiger partial charge on any atom is -0.259 e. The lowest BCUT2D eigenvalue weighted by atomic mass is 10.1. The highest BCUT2D eigenvalue weighted by Crippen LogP contribution is 2.14. The van der Waals surface area contributed by atoms with Crippen molar-refractivity contribution in [3.63, 3.8) is 0 Å². The van der Waals surface area contributed by atoms with Crippen LogP contribution in [-0.4, -0.2) is 11.1 Å². The van der Waals surface area contributed by atoms with Crippen LogP contribution in [0, 0.1) is 0 Å². The van der Waals surface area contributed by atoms with E-state index in [-0.39, 0.29) is 0 Å². The van der Waals surface area contributed by atoms with Crippen LogP contribution in [0.4, 0.5) is 5.69 Å². The third-order valence-electron chi connectivity index (χ3n) is 1.54. The maximum Gasteiger partial charge on any atom is 0.240 e. The van der Waals surface area contributed by atoms with Gasteiger partial charge in [0.1, 0.15) is 0 Å². The van der Waals surface area contributed by atoms with Gasteiger partial charge in [-0.1, -0.05) is 13.8 Å². The van der Waals surface area contributed by atoms with E-state index in [0.29, 0.717) is 11.6 Å². The molecule has 0 saturated heterocycles. The monoisotopic (exact) mass is 162 g/mol. The molecule has 0 aliphatic carbocycles. The molecule has 0 spiro atoms. The second-order valence-electron chi connectivity index (χ2n) is 2.80. The molecule has 12 heavy (non-hydrogen) atoms. The number of pyridine rings is 1. The Labute approximate surface area is 71.2 Å². The molecule has 0 saturated carbocycles. The average molecular weight is 162 g/mol. The zero-order chi connectivity index (χ0) is 8.97. The quantitative estimate of drug-likeness (QED) is 0.494. The molecule has 3 nitrogen and oxygen atoms in total. The van der Waals surface area contributed by atoms with Crippen LogP contribution in [-0.2, 0) is 4.79 Å². The molecule has 0 unspecified atom stereocenters. The summed E-state index contributed by atoms with van der Waals surface area (Å²) in [5.41, 5.74) is 1.55. The van der Waals surface area contributed by atoms with E-state index in [1.54, 1.807) is 12.3 Å². The molecule has 0 N–H and O–H groups in total. The van der Waals surface area contributed by atoms with E-state index in [1.807, 2.05) is 6.07 Å². The summed E-state index contributed by atoms with van der Waals surface area (Å²) in [6, 6.07) is 3.62. The van der Waals surface area contributed by atoms with Gasteiger partial charge in [0.25, 0.3) is 0 Å². The van der Waals surface area contributed by atoms with Crippen molar-refractivity contribution in [2.45, 2.75) is 19.8 Å². The van der Waals surface area contributed by atoms with Crippen molar-refractivity contribution in [2.75, 3.05) is 0 Å². The lowest BCUT2D eigenvalue weighted by Crippen LogP contribution is -1.89. The van der Waals surface area contributed by atoms with Crippen LogP contribution in [0.25, 0.3) is 0 Å². The summed E-state index contributed by atoms with van der Waals surface area (Å²) in [5, 5.41) is 0. The highest BCUT2D eigenvalue weighted by Gasteiger charge is 1.98. The Morgan fingerprint density at radius 2 is 2.25 bits per heavy atom. The molecular weight excluding hydrogens is 152 g/mol. The summed E-state index contributed by atoms with van der Waals surface area (Å²) in [7, 11) is 0. The fourth-order valence-corrected chi connectivity index (χ4v) is 0.858. The molecule has 1 aromatic rings. The van der Waals surface area contributed by atoms with E-state index >= 15 is 0 Å². The van der Waals surface area contributed by atoms with Gasteiger partial charge >= 0.3 is 0 Å². The molecule has 0 atom stereocenters.